The second-order valence-corrected chi connectivity index (χ2v) is 7.33. The highest BCUT2D eigenvalue weighted by Gasteiger charge is 2.33. The molecule has 0 unspecified atom stereocenters. The number of aromatic amines is 1. The van der Waals surface area contributed by atoms with Crippen LogP contribution < -0.4 is 0 Å². The number of carbonyl (C=O) groups is 1. The number of aryl methyl sites for hydroxylation is 1. The van der Waals surface area contributed by atoms with Crippen molar-refractivity contribution in [2.45, 2.75) is 26.9 Å². The topological polar surface area (TPSA) is 92.1 Å². The predicted molar refractivity (Wildman–Crippen MR) is 101 cm³/mol. The van der Waals surface area contributed by atoms with Crippen molar-refractivity contribution in [3.05, 3.63) is 28.5 Å². The SMILES string of the molecule is CCN(CC)C(=O)c1sc2ncn3nc(-c4cc(C(F)(F)F)[nH]n4)nc3c2c1C. The summed E-state index contributed by atoms with van der Waals surface area (Å²) in [5, 5.41) is 10.5. The molecule has 0 atom stereocenters. The number of rotatable bonds is 4. The van der Waals surface area contributed by atoms with E-state index in [4.69, 9.17) is 0 Å². The van der Waals surface area contributed by atoms with Crippen molar-refractivity contribution >= 4 is 33.1 Å². The van der Waals surface area contributed by atoms with E-state index in [0.717, 1.165) is 11.6 Å². The van der Waals surface area contributed by atoms with Gasteiger partial charge in [-0.2, -0.15) is 18.3 Å². The Morgan fingerprint density at radius 2 is 2.03 bits per heavy atom. The van der Waals surface area contributed by atoms with Crippen LogP contribution in [0.25, 0.3) is 27.4 Å². The largest absolute Gasteiger partial charge is 0.432 e. The molecule has 4 heterocycles. The molecule has 0 aliphatic carbocycles. The number of aromatic nitrogens is 6. The minimum absolute atomic E-state index is 0.0264. The summed E-state index contributed by atoms with van der Waals surface area (Å²) in [4.78, 5) is 24.4. The van der Waals surface area contributed by atoms with E-state index in [1.807, 2.05) is 25.9 Å². The molecule has 29 heavy (non-hydrogen) atoms. The molecule has 4 rings (SSSR count). The van der Waals surface area contributed by atoms with Crippen LogP contribution >= 0.6 is 11.3 Å². The number of hydrogen-bond donors (Lipinski definition) is 1. The zero-order valence-corrected chi connectivity index (χ0v) is 16.5. The quantitative estimate of drug-likeness (QED) is 0.542. The van der Waals surface area contributed by atoms with Crippen LogP contribution in [-0.2, 0) is 6.18 Å². The minimum Gasteiger partial charge on any atom is -0.338 e. The Kier molecular flexibility index (Phi) is 4.52. The fraction of sp³-hybridized carbons (Fsp3) is 0.353. The lowest BCUT2D eigenvalue weighted by Crippen LogP contribution is -2.30. The first-order valence-electron chi connectivity index (χ1n) is 8.81. The number of nitrogens with zero attached hydrogens (tertiary/aromatic N) is 6. The van der Waals surface area contributed by atoms with Crippen LogP contribution in [0, 0.1) is 6.92 Å². The third-order valence-corrected chi connectivity index (χ3v) is 5.81. The van der Waals surface area contributed by atoms with Crippen molar-refractivity contribution in [2.24, 2.45) is 0 Å². The van der Waals surface area contributed by atoms with Gasteiger partial charge < -0.3 is 4.90 Å². The number of alkyl halides is 3. The van der Waals surface area contributed by atoms with Crippen molar-refractivity contribution < 1.29 is 18.0 Å². The summed E-state index contributed by atoms with van der Waals surface area (Å²) in [5.41, 5.74) is 0.126. The summed E-state index contributed by atoms with van der Waals surface area (Å²) in [6.07, 6.45) is -3.12. The van der Waals surface area contributed by atoms with Crippen LogP contribution in [0.5, 0.6) is 0 Å². The molecule has 0 aliphatic heterocycles. The molecule has 1 amide bonds. The number of fused-ring (bicyclic) bond motifs is 3. The van der Waals surface area contributed by atoms with E-state index in [1.165, 1.54) is 22.2 Å². The lowest BCUT2D eigenvalue weighted by atomic mass is 10.2. The van der Waals surface area contributed by atoms with E-state index in [2.05, 4.69) is 20.2 Å². The van der Waals surface area contributed by atoms with E-state index >= 15 is 0 Å². The van der Waals surface area contributed by atoms with E-state index in [9.17, 15) is 18.0 Å². The third-order valence-electron chi connectivity index (χ3n) is 4.62. The first kappa shape index (κ1) is 19.3. The van der Waals surface area contributed by atoms with Gasteiger partial charge in [0.05, 0.1) is 10.3 Å². The Bertz CT molecular complexity index is 1220. The Hall–Kier alpha value is -3.02. The molecule has 12 heteroatoms. The number of halogens is 3. The molecule has 0 fully saturated rings. The first-order valence-corrected chi connectivity index (χ1v) is 9.63. The maximum absolute atomic E-state index is 12.8. The Labute approximate surface area is 166 Å². The number of H-pyrrole nitrogens is 1. The van der Waals surface area contributed by atoms with Gasteiger partial charge in [0.1, 0.15) is 22.5 Å². The van der Waals surface area contributed by atoms with Crippen LogP contribution in [0.1, 0.15) is 34.8 Å². The van der Waals surface area contributed by atoms with Gasteiger partial charge in [-0.3, -0.25) is 9.89 Å². The molecular formula is C17H16F3N7OS. The average molecular weight is 423 g/mol. The minimum atomic E-state index is -4.54. The van der Waals surface area contributed by atoms with Crippen LogP contribution in [0.4, 0.5) is 13.2 Å². The van der Waals surface area contributed by atoms with Gasteiger partial charge in [-0.1, -0.05) is 0 Å². The van der Waals surface area contributed by atoms with Gasteiger partial charge in [-0.25, -0.2) is 14.5 Å². The zero-order valence-electron chi connectivity index (χ0n) is 15.7. The fourth-order valence-corrected chi connectivity index (χ4v) is 4.19. The lowest BCUT2D eigenvalue weighted by Gasteiger charge is -2.17. The van der Waals surface area contributed by atoms with Gasteiger partial charge in [-0.05, 0) is 32.4 Å². The van der Waals surface area contributed by atoms with Crippen molar-refractivity contribution in [1.29, 1.82) is 0 Å². The standard InChI is InChI=1S/C17H16F3N7OS/c1-4-26(5-2)16(28)12-8(3)11-14-22-13(25-27(14)7-21-15(11)29-12)9-6-10(24-23-9)17(18,19)20/h6-7H,4-5H2,1-3H3,(H,23,24). The highest BCUT2D eigenvalue weighted by atomic mass is 32.1. The van der Waals surface area contributed by atoms with Crippen LogP contribution in [0.15, 0.2) is 12.4 Å². The molecule has 0 radical (unpaired) electrons. The molecular weight excluding hydrogens is 407 g/mol. The summed E-state index contributed by atoms with van der Waals surface area (Å²) in [5.74, 6) is -0.0521. The second kappa shape index (κ2) is 6.79. The smallest absolute Gasteiger partial charge is 0.338 e. The number of hydrogen-bond acceptors (Lipinski definition) is 6. The summed E-state index contributed by atoms with van der Waals surface area (Å²) >= 11 is 1.26. The summed E-state index contributed by atoms with van der Waals surface area (Å²) in [7, 11) is 0. The number of nitrogens with one attached hydrogen (secondary N) is 1. The molecule has 0 saturated heterocycles. The summed E-state index contributed by atoms with van der Waals surface area (Å²) in [6, 6.07) is 0.856. The van der Waals surface area contributed by atoms with Crippen molar-refractivity contribution in [3.8, 4) is 11.5 Å². The predicted octanol–water partition coefficient (Wildman–Crippen LogP) is 3.54. The van der Waals surface area contributed by atoms with E-state index in [1.54, 1.807) is 4.90 Å². The van der Waals surface area contributed by atoms with Crippen molar-refractivity contribution in [3.63, 3.8) is 0 Å². The van der Waals surface area contributed by atoms with Gasteiger partial charge in [0, 0.05) is 13.1 Å². The molecule has 4 aromatic rings. The molecule has 152 valence electrons. The molecule has 8 nitrogen and oxygen atoms in total. The zero-order chi connectivity index (χ0) is 20.9. The van der Waals surface area contributed by atoms with Gasteiger partial charge >= 0.3 is 6.18 Å². The second-order valence-electron chi connectivity index (χ2n) is 6.33. The summed E-state index contributed by atoms with van der Waals surface area (Å²) < 4.78 is 39.8. The summed E-state index contributed by atoms with van der Waals surface area (Å²) in [6.45, 7) is 6.79. The van der Waals surface area contributed by atoms with Crippen LogP contribution in [0.2, 0.25) is 0 Å². The Morgan fingerprint density at radius 1 is 1.31 bits per heavy atom. The average Bonchev–Trinajstić information content (AvgIpc) is 3.38. The third kappa shape index (κ3) is 3.12. The van der Waals surface area contributed by atoms with Gasteiger partial charge in [0.2, 0.25) is 5.82 Å². The molecule has 4 aromatic heterocycles. The van der Waals surface area contributed by atoms with Gasteiger partial charge in [0.15, 0.2) is 5.65 Å². The molecule has 0 bridgehead atoms. The van der Waals surface area contributed by atoms with Gasteiger partial charge in [0.25, 0.3) is 5.91 Å². The fourth-order valence-electron chi connectivity index (χ4n) is 3.08. The maximum Gasteiger partial charge on any atom is 0.432 e. The highest BCUT2D eigenvalue weighted by molar-refractivity contribution is 7.20. The number of thiophene rings is 1. The molecule has 0 aromatic carbocycles. The van der Waals surface area contributed by atoms with E-state index in [0.29, 0.717) is 33.8 Å². The van der Waals surface area contributed by atoms with E-state index in [-0.39, 0.29) is 17.4 Å². The van der Waals surface area contributed by atoms with Gasteiger partial charge in [-0.15, -0.1) is 16.4 Å². The first-order chi connectivity index (χ1) is 13.7. The van der Waals surface area contributed by atoms with Crippen LogP contribution in [-0.4, -0.2) is 53.7 Å². The molecule has 0 aliphatic rings. The number of carbonyl (C=O) groups excluding carboxylic acids is 1. The van der Waals surface area contributed by atoms with E-state index < -0.39 is 11.9 Å². The van der Waals surface area contributed by atoms with Crippen molar-refractivity contribution in [1.82, 2.24) is 34.7 Å². The molecule has 0 saturated carbocycles. The Balaban J connectivity index is 1.84. The Morgan fingerprint density at radius 3 is 2.66 bits per heavy atom. The maximum atomic E-state index is 12.8. The van der Waals surface area contributed by atoms with Crippen molar-refractivity contribution in [2.75, 3.05) is 13.1 Å². The highest BCUT2D eigenvalue weighted by Crippen LogP contribution is 2.34. The normalized spacial score (nSPS) is 12.2. The lowest BCUT2D eigenvalue weighted by molar-refractivity contribution is -0.141. The number of amides is 1. The van der Waals surface area contributed by atoms with Crippen LogP contribution in [0.3, 0.4) is 0 Å². The monoisotopic (exact) mass is 423 g/mol. The molecule has 1 N–H and O–H groups in total. The molecule has 0 spiro atoms.